The summed E-state index contributed by atoms with van der Waals surface area (Å²) >= 11 is 0. The number of nitriles is 1. The van der Waals surface area contributed by atoms with Gasteiger partial charge in [0.25, 0.3) is 0 Å². The van der Waals surface area contributed by atoms with Crippen LogP contribution in [0.1, 0.15) is 36.2 Å². The number of pyridine rings is 3. The summed E-state index contributed by atoms with van der Waals surface area (Å²) < 4.78 is 27.1. The van der Waals surface area contributed by atoms with Gasteiger partial charge in [0.1, 0.15) is 28.7 Å². The zero-order chi connectivity index (χ0) is 34.0. The normalized spacial score (nSPS) is 18.3. The predicted molar refractivity (Wildman–Crippen MR) is 177 cm³/mol. The third kappa shape index (κ3) is 4.89. The Morgan fingerprint density at radius 3 is 2.69 bits per heavy atom. The van der Waals surface area contributed by atoms with Crippen molar-refractivity contribution in [1.82, 2.24) is 24.4 Å². The summed E-state index contributed by atoms with van der Waals surface area (Å²) in [6, 6.07) is 5.20. The minimum atomic E-state index is -1.19. The van der Waals surface area contributed by atoms with Crippen LogP contribution in [0.3, 0.4) is 0 Å². The van der Waals surface area contributed by atoms with E-state index in [0.29, 0.717) is 50.3 Å². The number of ether oxygens (including phenoxy) is 2. The van der Waals surface area contributed by atoms with E-state index < -0.39 is 29.5 Å². The first-order valence-corrected chi connectivity index (χ1v) is 15.6. The highest BCUT2D eigenvalue weighted by atomic mass is 19.1. The van der Waals surface area contributed by atoms with Crippen molar-refractivity contribution in [1.29, 1.82) is 5.26 Å². The maximum absolute atomic E-state index is 15.4. The summed E-state index contributed by atoms with van der Waals surface area (Å²) in [6.07, 6.45) is 4.44. The van der Waals surface area contributed by atoms with Gasteiger partial charge >= 0.3 is 11.9 Å². The lowest BCUT2D eigenvalue weighted by molar-refractivity contribution is -0.162. The van der Waals surface area contributed by atoms with E-state index in [1.54, 1.807) is 37.1 Å². The van der Waals surface area contributed by atoms with Crippen molar-refractivity contribution in [2.75, 3.05) is 43.9 Å². The van der Waals surface area contributed by atoms with Crippen LogP contribution in [0.4, 0.5) is 15.8 Å². The molecule has 1 unspecified atom stereocenters. The molecular formula is C34H33FN8O5. The predicted octanol–water partition coefficient (Wildman–Crippen LogP) is 3.89. The van der Waals surface area contributed by atoms with Gasteiger partial charge < -0.3 is 34.1 Å². The van der Waals surface area contributed by atoms with Crippen LogP contribution in [0.2, 0.25) is 0 Å². The lowest BCUT2D eigenvalue weighted by Crippen LogP contribution is -2.35. The number of aromatic nitrogens is 4. The van der Waals surface area contributed by atoms with Gasteiger partial charge in [-0.25, -0.2) is 19.2 Å². The third-order valence-corrected chi connectivity index (χ3v) is 9.37. The fraction of sp³-hybridized carbons (Fsp3) is 0.353. The molecule has 246 valence electrons. The van der Waals surface area contributed by atoms with E-state index in [1.165, 1.54) is 26.1 Å². The van der Waals surface area contributed by atoms with Crippen molar-refractivity contribution in [3.05, 3.63) is 57.9 Å². The summed E-state index contributed by atoms with van der Waals surface area (Å²) in [4.78, 5) is 55.4. The Hall–Kier alpha value is -5.55. The minimum Gasteiger partial charge on any atom is -0.426 e. The second-order valence-electron chi connectivity index (χ2n) is 12.5. The Kier molecular flexibility index (Phi) is 7.51. The van der Waals surface area contributed by atoms with Crippen LogP contribution in [0.25, 0.3) is 44.1 Å². The number of rotatable bonds is 6. The molecule has 2 saturated heterocycles. The van der Waals surface area contributed by atoms with Crippen molar-refractivity contribution in [2.45, 2.75) is 32.6 Å². The molecule has 2 N–H and O–H groups in total. The number of halogens is 1. The molecular weight excluding hydrogens is 619 g/mol. The zero-order valence-electron chi connectivity index (χ0n) is 27.0. The molecule has 0 aliphatic carbocycles. The highest BCUT2D eigenvalue weighted by Crippen LogP contribution is 2.47. The number of nitrogens with one attached hydrogen (secondary N) is 2. The molecule has 0 saturated carbocycles. The van der Waals surface area contributed by atoms with Crippen LogP contribution >= 0.6 is 0 Å². The third-order valence-electron chi connectivity index (χ3n) is 9.37. The van der Waals surface area contributed by atoms with Gasteiger partial charge in [-0.05, 0) is 25.5 Å². The number of hydrogen-bond donors (Lipinski definition) is 2. The van der Waals surface area contributed by atoms with Crippen LogP contribution in [-0.4, -0.2) is 82.4 Å². The van der Waals surface area contributed by atoms with Crippen LogP contribution < -0.4 is 15.6 Å². The van der Waals surface area contributed by atoms with Crippen LogP contribution in [0.15, 0.2) is 35.5 Å². The van der Waals surface area contributed by atoms with Gasteiger partial charge in [-0.1, -0.05) is 0 Å². The molecule has 2 aliphatic heterocycles. The first-order chi connectivity index (χ1) is 23.0. The molecule has 13 nitrogen and oxygen atoms in total. The van der Waals surface area contributed by atoms with Crippen LogP contribution in [0.5, 0.6) is 0 Å². The lowest BCUT2D eigenvalue weighted by Gasteiger charge is -2.29. The maximum atomic E-state index is 15.4. The lowest BCUT2D eigenvalue weighted by atomic mass is 9.98. The number of carbonyl (C=O) groups is 2. The molecule has 0 bridgehead atoms. The molecule has 48 heavy (non-hydrogen) atoms. The van der Waals surface area contributed by atoms with Crippen LogP contribution in [0, 0.1) is 23.1 Å². The van der Waals surface area contributed by atoms with E-state index in [4.69, 9.17) is 14.5 Å². The summed E-state index contributed by atoms with van der Waals surface area (Å²) in [7, 11) is 5.43. The van der Waals surface area contributed by atoms with Crippen molar-refractivity contribution in [3.8, 4) is 17.2 Å². The summed E-state index contributed by atoms with van der Waals surface area (Å²) in [5.74, 6) is -1.81. The average molecular weight is 653 g/mol. The molecule has 2 aliphatic rings. The Labute approximate surface area is 273 Å². The summed E-state index contributed by atoms with van der Waals surface area (Å²) in [5.41, 5.74) is 2.90. The molecule has 6 heterocycles. The standard InChI is InChI=1S/C34H33FN8O5/c1-16(44)47-17(2)48-34(46)23-14-42(5)33-20(31(23)45)8-19(11-39-33)22-12-38-32-28(30(22)43-7-6-18-13-41(4)15-26(18)43)27-21(10-36)24(35)9-25(37-3)29(27)40-32/h8-9,11-12,14,17-18,26,37H,6-7,13,15H2,1-5H3,(H,38,40)/t17?,18-,26+/m0/s1. The van der Waals surface area contributed by atoms with Crippen molar-refractivity contribution in [2.24, 2.45) is 13.0 Å². The number of aromatic amines is 1. The van der Waals surface area contributed by atoms with Gasteiger partial charge in [0.15, 0.2) is 0 Å². The second kappa shape index (κ2) is 11.6. The Morgan fingerprint density at radius 1 is 1.17 bits per heavy atom. The van der Waals surface area contributed by atoms with Gasteiger partial charge in [-0.15, -0.1) is 0 Å². The van der Waals surface area contributed by atoms with Crippen molar-refractivity contribution < 1.29 is 23.5 Å². The van der Waals surface area contributed by atoms with E-state index in [1.807, 2.05) is 0 Å². The number of likely N-dealkylation sites (tertiary alicyclic amines) is 1. The van der Waals surface area contributed by atoms with Gasteiger partial charge in [0.05, 0.1) is 33.2 Å². The first-order valence-electron chi connectivity index (χ1n) is 15.6. The number of likely N-dealkylation sites (N-methyl/N-ethyl adjacent to an activating group) is 1. The monoisotopic (exact) mass is 652 g/mol. The first kappa shape index (κ1) is 31.1. The number of H-pyrrole nitrogens is 1. The van der Waals surface area contributed by atoms with Gasteiger partial charge in [0, 0.05) is 94.8 Å². The number of aryl methyl sites for hydroxylation is 1. The van der Waals surface area contributed by atoms with E-state index in [0.717, 1.165) is 31.7 Å². The SMILES string of the molecule is CNc1cc(F)c(C#N)c2c1[nH]c1ncc(-c3cnc4c(c3)c(=O)c(C(=O)OC(C)OC(C)=O)cn4C)c(N3CC[C@H]4CN(C)C[C@H]43)c12. The molecule has 7 rings (SSSR count). The molecule has 1 aromatic carbocycles. The fourth-order valence-electron chi connectivity index (χ4n) is 7.38. The Balaban J connectivity index is 1.48. The van der Waals surface area contributed by atoms with Crippen molar-refractivity contribution in [3.63, 3.8) is 0 Å². The molecule has 0 radical (unpaired) electrons. The molecule has 5 aromatic rings. The number of esters is 2. The largest absolute Gasteiger partial charge is 0.426 e. The summed E-state index contributed by atoms with van der Waals surface area (Å²) in [5, 5.41) is 14.4. The molecule has 4 aromatic heterocycles. The van der Waals surface area contributed by atoms with E-state index in [-0.39, 0.29) is 22.6 Å². The smallest absolute Gasteiger partial charge is 0.346 e. The van der Waals surface area contributed by atoms with Crippen LogP contribution in [-0.2, 0) is 21.3 Å². The number of benzene rings is 1. The van der Waals surface area contributed by atoms with Gasteiger partial charge in [0.2, 0.25) is 11.7 Å². The topological polar surface area (TPSA) is 158 Å². The quantitative estimate of drug-likeness (QED) is 0.203. The number of anilines is 2. The Morgan fingerprint density at radius 2 is 1.96 bits per heavy atom. The number of carbonyl (C=O) groups excluding carboxylic acids is 2. The fourth-order valence-corrected chi connectivity index (χ4v) is 7.38. The molecule has 2 fully saturated rings. The van der Waals surface area contributed by atoms with E-state index in [9.17, 15) is 19.6 Å². The maximum Gasteiger partial charge on any atom is 0.346 e. The molecule has 0 spiro atoms. The highest BCUT2D eigenvalue weighted by molar-refractivity contribution is 6.20. The zero-order valence-corrected chi connectivity index (χ0v) is 27.0. The average Bonchev–Trinajstić information content (AvgIpc) is 3.73. The molecule has 0 amide bonds. The summed E-state index contributed by atoms with van der Waals surface area (Å²) in [6.45, 7) is 5.08. The van der Waals surface area contributed by atoms with E-state index in [2.05, 4.69) is 38.2 Å². The Bertz CT molecular complexity index is 2270. The molecule has 3 atom stereocenters. The molecule has 14 heteroatoms. The van der Waals surface area contributed by atoms with Gasteiger partial charge in [-0.2, -0.15) is 5.26 Å². The second-order valence-corrected chi connectivity index (χ2v) is 12.5. The highest BCUT2D eigenvalue weighted by Gasteiger charge is 2.42. The number of nitrogens with zero attached hydrogens (tertiary/aromatic N) is 6. The van der Waals surface area contributed by atoms with E-state index >= 15 is 4.39 Å². The van der Waals surface area contributed by atoms with Crippen molar-refractivity contribution >= 4 is 56.3 Å². The number of hydrogen-bond acceptors (Lipinski definition) is 11. The number of fused-ring (bicyclic) bond motifs is 5. The minimum absolute atomic E-state index is 0.0913. The van der Waals surface area contributed by atoms with Gasteiger partial charge in [-0.3, -0.25) is 9.59 Å².